The lowest BCUT2D eigenvalue weighted by Gasteiger charge is -2.33. The normalized spacial score (nSPS) is 18.1. The first kappa shape index (κ1) is 20.6. The Morgan fingerprint density at radius 1 is 1.25 bits per heavy atom. The largest absolute Gasteiger partial charge is 0.374 e. The maximum atomic E-state index is 12.6. The zero-order chi connectivity index (χ0) is 20.1. The number of para-hydroxylation sites is 2. The highest BCUT2D eigenvalue weighted by Crippen LogP contribution is 2.13. The molecule has 2 aromatic rings. The number of hydrogen-bond donors (Lipinski definition) is 1. The van der Waals surface area contributed by atoms with E-state index >= 15 is 0 Å². The minimum Gasteiger partial charge on any atom is -0.374 e. The molecule has 1 aliphatic rings. The summed E-state index contributed by atoms with van der Waals surface area (Å²) < 4.78 is 9.22. The van der Waals surface area contributed by atoms with E-state index in [9.17, 15) is 9.59 Å². The maximum Gasteiger partial charge on any atom is 0.329 e. The van der Waals surface area contributed by atoms with Gasteiger partial charge in [0.1, 0.15) is 0 Å². The van der Waals surface area contributed by atoms with Crippen LogP contribution in [0, 0.1) is 5.92 Å². The summed E-state index contributed by atoms with van der Waals surface area (Å²) in [4.78, 5) is 27.4. The fraction of sp³-hybridized carbons (Fsp3) is 0.619. The number of aryl methyl sites for hydroxylation is 2. The Labute approximate surface area is 166 Å². The number of rotatable bonds is 8. The number of aromatic nitrogens is 2. The van der Waals surface area contributed by atoms with Gasteiger partial charge in [-0.25, -0.2) is 4.79 Å². The van der Waals surface area contributed by atoms with E-state index in [1.165, 1.54) is 0 Å². The summed E-state index contributed by atoms with van der Waals surface area (Å²) in [7, 11) is 0. The minimum atomic E-state index is -0.0589. The van der Waals surface area contributed by atoms with Crippen molar-refractivity contribution in [2.75, 3.05) is 32.8 Å². The van der Waals surface area contributed by atoms with Crippen LogP contribution in [-0.4, -0.2) is 58.8 Å². The molecule has 3 rings (SSSR count). The van der Waals surface area contributed by atoms with Crippen LogP contribution in [0.15, 0.2) is 29.1 Å². The Morgan fingerprint density at radius 2 is 1.96 bits per heavy atom. The fourth-order valence-corrected chi connectivity index (χ4v) is 3.91. The quantitative estimate of drug-likeness (QED) is 0.747. The summed E-state index contributed by atoms with van der Waals surface area (Å²) in [6, 6.07) is 7.72. The van der Waals surface area contributed by atoms with E-state index in [0.29, 0.717) is 32.2 Å². The number of benzene rings is 1. The minimum absolute atomic E-state index is 0.0289. The van der Waals surface area contributed by atoms with Gasteiger partial charge in [-0.3, -0.25) is 18.8 Å². The van der Waals surface area contributed by atoms with Gasteiger partial charge in [0.05, 0.1) is 23.7 Å². The topological polar surface area (TPSA) is 68.5 Å². The van der Waals surface area contributed by atoms with Crippen molar-refractivity contribution in [3.63, 3.8) is 0 Å². The van der Waals surface area contributed by atoms with E-state index < -0.39 is 0 Å². The summed E-state index contributed by atoms with van der Waals surface area (Å²) in [5, 5.41) is 2.97. The van der Waals surface area contributed by atoms with Gasteiger partial charge in [0.2, 0.25) is 5.91 Å². The van der Waals surface area contributed by atoms with Crippen molar-refractivity contribution in [1.29, 1.82) is 0 Å². The average molecular weight is 389 g/mol. The van der Waals surface area contributed by atoms with Crippen LogP contribution in [0.5, 0.6) is 0 Å². The highest BCUT2D eigenvalue weighted by molar-refractivity contribution is 5.78. The number of carbonyl (C=O) groups is 1. The predicted octanol–water partition coefficient (Wildman–Crippen LogP) is 1.69. The van der Waals surface area contributed by atoms with Crippen molar-refractivity contribution in [2.24, 2.45) is 5.92 Å². The third kappa shape index (κ3) is 4.83. The summed E-state index contributed by atoms with van der Waals surface area (Å²) in [5.74, 6) is 0.571. The number of ether oxygens (including phenoxy) is 1. The molecule has 0 spiro atoms. The van der Waals surface area contributed by atoms with Crippen molar-refractivity contribution >= 4 is 16.9 Å². The van der Waals surface area contributed by atoms with Crippen molar-refractivity contribution in [3.05, 3.63) is 34.7 Å². The van der Waals surface area contributed by atoms with Crippen LogP contribution in [0.2, 0.25) is 0 Å². The molecule has 0 radical (unpaired) electrons. The van der Waals surface area contributed by atoms with Crippen LogP contribution < -0.4 is 11.0 Å². The van der Waals surface area contributed by atoms with Crippen LogP contribution in [-0.2, 0) is 22.6 Å². The van der Waals surface area contributed by atoms with E-state index in [4.69, 9.17) is 4.74 Å². The monoisotopic (exact) mass is 388 g/mol. The van der Waals surface area contributed by atoms with Crippen LogP contribution in [0.3, 0.4) is 0 Å². The molecule has 1 atom stereocenters. The molecule has 1 fully saturated rings. The number of nitrogens with one attached hydrogen (secondary N) is 1. The SMILES string of the molecule is CCn1c(=O)n(CCC(=O)NCC2CN(CC(C)C)CCO2)c2ccccc21. The Balaban J connectivity index is 1.53. The van der Waals surface area contributed by atoms with Crippen LogP contribution >= 0.6 is 0 Å². The summed E-state index contributed by atoms with van der Waals surface area (Å²) in [5.41, 5.74) is 1.73. The molecular formula is C21H32N4O3. The van der Waals surface area contributed by atoms with Gasteiger partial charge in [-0.2, -0.15) is 0 Å². The lowest BCUT2D eigenvalue weighted by molar-refractivity contribution is -0.122. The number of amides is 1. The average Bonchev–Trinajstić information content (AvgIpc) is 2.95. The number of hydrogen-bond acceptors (Lipinski definition) is 4. The van der Waals surface area contributed by atoms with Crippen LogP contribution in [0.4, 0.5) is 0 Å². The van der Waals surface area contributed by atoms with E-state index in [0.717, 1.165) is 30.7 Å². The van der Waals surface area contributed by atoms with Crippen LogP contribution in [0.1, 0.15) is 27.2 Å². The van der Waals surface area contributed by atoms with Gasteiger partial charge in [-0.05, 0) is 25.0 Å². The molecule has 7 heteroatoms. The van der Waals surface area contributed by atoms with E-state index in [1.807, 2.05) is 31.2 Å². The van der Waals surface area contributed by atoms with Crippen molar-refractivity contribution in [1.82, 2.24) is 19.4 Å². The summed E-state index contributed by atoms with van der Waals surface area (Å²) in [6.45, 7) is 11.4. The Kier molecular flexibility index (Phi) is 6.91. The molecule has 0 saturated carbocycles. The van der Waals surface area contributed by atoms with Gasteiger partial charge < -0.3 is 10.1 Å². The molecular weight excluding hydrogens is 356 g/mol. The number of carbonyl (C=O) groups excluding carboxylic acids is 1. The molecule has 1 N–H and O–H groups in total. The van der Waals surface area contributed by atoms with E-state index in [-0.39, 0.29) is 24.1 Å². The summed E-state index contributed by atoms with van der Waals surface area (Å²) >= 11 is 0. The second kappa shape index (κ2) is 9.39. The zero-order valence-corrected chi connectivity index (χ0v) is 17.2. The second-order valence-corrected chi connectivity index (χ2v) is 7.87. The van der Waals surface area contributed by atoms with Gasteiger partial charge in [-0.1, -0.05) is 26.0 Å². The van der Waals surface area contributed by atoms with Gasteiger partial charge in [-0.15, -0.1) is 0 Å². The first-order valence-corrected chi connectivity index (χ1v) is 10.3. The lowest BCUT2D eigenvalue weighted by atomic mass is 10.2. The third-order valence-corrected chi connectivity index (χ3v) is 5.18. The Morgan fingerprint density at radius 3 is 2.64 bits per heavy atom. The van der Waals surface area contributed by atoms with Gasteiger partial charge in [0.15, 0.2) is 0 Å². The number of morpholine rings is 1. The molecule has 1 unspecified atom stereocenters. The number of nitrogens with zero attached hydrogens (tertiary/aromatic N) is 3. The molecule has 1 amide bonds. The van der Waals surface area contributed by atoms with Crippen molar-refractivity contribution in [3.8, 4) is 0 Å². The van der Waals surface area contributed by atoms with Crippen molar-refractivity contribution in [2.45, 2.75) is 46.4 Å². The van der Waals surface area contributed by atoms with Crippen molar-refractivity contribution < 1.29 is 9.53 Å². The molecule has 2 heterocycles. The number of imidazole rings is 1. The molecule has 7 nitrogen and oxygen atoms in total. The zero-order valence-electron chi connectivity index (χ0n) is 17.2. The molecule has 0 bridgehead atoms. The molecule has 0 aliphatic carbocycles. The van der Waals surface area contributed by atoms with Crippen LogP contribution in [0.25, 0.3) is 11.0 Å². The first-order valence-electron chi connectivity index (χ1n) is 10.3. The standard InChI is InChI=1S/C21H32N4O3/c1-4-24-18-7-5-6-8-19(18)25(21(24)27)10-9-20(26)22-13-17-15-23(11-12-28-17)14-16(2)3/h5-8,16-17H,4,9-15H2,1-3H3,(H,22,26). The smallest absolute Gasteiger partial charge is 0.329 e. The molecule has 1 aliphatic heterocycles. The molecule has 154 valence electrons. The molecule has 28 heavy (non-hydrogen) atoms. The molecule has 1 aromatic heterocycles. The maximum absolute atomic E-state index is 12.6. The van der Waals surface area contributed by atoms with Gasteiger partial charge >= 0.3 is 5.69 Å². The number of fused-ring (bicyclic) bond motifs is 1. The fourth-order valence-electron chi connectivity index (χ4n) is 3.91. The highest BCUT2D eigenvalue weighted by Gasteiger charge is 2.21. The third-order valence-electron chi connectivity index (χ3n) is 5.18. The molecule has 1 saturated heterocycles. The Hall–Kier alpha value is -2.12. The van der Waals surface area contributed by atoms with E-state index in [1.54, 1.807) is 9.13 Å². The predicted molar refractivity (Wildman–Crippen MR) is 111 cm³/mol. The van der Waals surface area contributed by atoms with Gasteiger partial charge in [0.25, 0.3) is 0 Å². The second-order valence-electron chi connectivity index (χ2n) is 7.87. The first-order chi connectivity index (χ1) is 13.5. The lowest BCUT2D eigenvalue weighted by Crippen LogP contribution is -2.48. The highest BCUT2D eigenvalue weighted by atomic mass is 16.5. The molecule has 1 aromatic carbocycles. The Bertz CT molecular complexity index is 855. The van der Waals surface area contributed by atoms with E-state index in [2.05, 4.69) is 24.1 Å². The van der Waals surface area contributed by atoms with Gasteiger partial charge in [0, 0.05) is 45.7 Å². The summed E-state index contributed by atoms with van der Waals surface area (Å²) in [6.07, 6.45) is 0.307.